The van der Waals surface area contributed by atoms with Gasteiger partial charge in [0.05, 0.1) is 10.6 Å². The second-order valence-electron chi connectivity index (χ2n) is 5.01. The highest BCUT2D eigenvalue weighted by Crippen LogP contribution is 2.36. The van der Waals surface area contributed by atoms with Crippen molar-refractivity contribution in [1.29, 1.82) is 0 Å². The molecule has 110 valence electrons. The van der Waals surface area contributed by atoms with Crippen LogP contribution >= 0.6 is 0 Å². The molecule has 1 aliphatic rings. The first-order valence-electron chi connectivity index (χ1n) is 6.55. The lowest BCUT2D eigenvalue weighted by Crippen LogP contribution is -2.22. The molecule has 2 aromatic carbocycles. The number of ether oxygens (including phenoxy) is 1. The molecule has 0 bridgehead atoms. The number of hydrogen-bond acceptors (Lipinski definition) is 4. The summed E-state index contributed by atoms with van der Waals surface area (Å²) >= 11 is 0. The Morgan fingerprint density at radius 2 is 1.86 bits per heavy atom. The zero-order chi connectivity index (χ0) is 15.0. The molecule has 1 N–H and O–H groups in total. The van der Waals surface area contributed by atoms with E-state index in [-0.39, 0.29) is 4.90 Å². The van der Waals surface area contributed by atoms with Crippen LogP contribution in [0.3, 0.4) is 0 Å². The highest BCUT2D eigenvalue weighted by molar-refractivity contribution is 7.89. The topological polar surface area (TPSA) is 58.6 Å². The molecular weight excluding hydrogens is 288 g/mol. The van der Waals surface area contributed by atoms with Crippen molar-refractivity contribution in [1.82, 2.24) is 4.31 Å². The minimum atomic E-state index is -3.44. The molecule has 0 unspecified atom stereocenters. The second kappa shape index (κ2) is 5.05. The summed E-state index contributed by atoms with van der Waals surface area (Å²) in [6.45, 7) is 0.517. The summed E-state index contributed by atoms with van der Waals surface area (Å²) in [5, 5.41) is 3.26. The van der Waals surface area contributed by atoms with Crippen molar-refractivity contribution in [2.75, 3.05) is 19.4 Å². The molecule has 0 saturated heterocycles. The van der Waals surface area contributed by atoms with Crippen molar-refractivity contribution < 1.29 is 13.2 Å². The molecule has 5 nitrogen and oxygen atoms in total. The number of para-hydroxylation sites is 2. The van der Waals surface area contributed by atoms with Gasteiger partial charge >= 0.3 is 0 Å². The molecule has 0 aromatic heterocycles. The van der Waals surface area contributed by atoms with E-state index in [2.05, 4.69) is 5.32 Å². The first-order valence-corrected chi connectivity index (χ1v) is 7.99. The van der Waals surface area contributed by atoms with Gasteiger partial charge in [0.2, 0.25) is 10.0 Å². The highest BCUT2D eigenvalue weighted by atomic mass is 32.2. The molecule has 6 heteroatoms. The zero-order valence-electron chi connectivity index (χ0n) is 11.8. The lowest BCUT2D eigenvalue weighted by Gasteiger charge is -2.13. The van der Waals surface area contributed by atoms with Crippen LogP contribution in [0.1, 0.15) is 5.56 Å². The summed E-state index contributed by atoms with van der Waals surface area (Å²) in [5.74, 6) is 1.41. The van der Waals surface area contributed by atoms with Gasteiger partial charge in [0.25, 0.3) is 0 Å². The summed E-state index contributed by atoms with van der Waals surface area (Å²) in [5.41, 5.74) is 1.71. The van der Waals surface area contributed by atoms with E-state index in [9.17, 15) is 8.42 Å². The maximum Gasteiger partial charge on any atom is 0.242 e. The van der Waals surface area contributed by atoms with Gasteiger partial charge in [0.1, 0.15) is 5.75 Å². The summed E-state index contributed by atoms with van der Waals surface area (Å²) in [6.07, 6.45) is 0. The fourth-order valence-corrected chi connectivity index (χ4v) is 3.13. The van der Waals surface area contributed by atoms with Crippen LogP contribution in [0.2, 0.25) is 0 Å². The Morgan fingerprint density at radius 3 is 2.62 bits per heavy atom. The number of fused-ring (bicyclic) bond motifs is 2. The van der Waals surface area contributed by atoms with E-state index in [1.165, 1.54) is 18.4 Å². The minimum Gasteiger partial charge on any atom is -0.455 e. The molecule has 0 spiro atoms. The fourth-order valence-electron chi connectivity index (χ4n) is 2.18. The van der Waals surface area contributed by atoms with Crippen LogP contribution in [0.15, 0.2) is 47.4 Å². The molecule has 3 rings (SSSR count). The number of nitrogens with one attached hydrogen (secondary N) is 1. The Bertz CT molecular complexity index is 785. The van der Waals surface area contributed by atoms with Crippen LogP contribution < -0.4 is 10.1 Å². The first-order chi connectivity index (χ1) is 9.98. The Hall–Kier alpha value is -2.05. The third-order valence-corrected chi connectivity index (χ3v) is 5.20. The lowest BCUT2D eigenvalue weighted by molar-refractivity contribution is 0.482. The lowest BCUT2D eigenvalue weighted by atomic mass is 10.2. The van der Waals surface area contributed by atoms with Gasteiger partial charge in [0.15, 0.2) is 5.75 Å². The Balaban J connectivity index is 2.03. The third-order valence-electron chi connectivity index (χ3n) is 3.39. The number of benzene rings is 2. The predicted molar refractivity (Wildman–Crippen MR) is 81.2 cm³/mol. The van der Waals surface area contributed by atoms with Gasteiger partial charge in [-0.15, -0.1) is 0 Å². The van der Waals surface area contributed by atoms with Gasteiger partial charge in [-0.05, 0) is 30.3 Å². The maximum absolute atomic E-state index is 12.2. The number of rotatable bonds is 2. The number of hydrogen-bond donors (Lipinski definition) is 1. The van der Waals surface area contributed by atoms with Crippen molar-refractivity contribution in [2.24, 2.45) is 0 Å². The summed E-state index contributed by atoms with van der Waals surface area (Å²) in [6, 6.07) is 12.6. The molecule has 1 heterocycles. The molecule has 0 fully saturated rings. The van der Waals surface area contributed by atoms with Gasteiger partial charge in [-0.2, -0.15) is 0 Å². The Labute approximate surface area is 124 Å². The van der Waals surface area contributed by atoms with Gasteiger partial charge < -0.3 is 10.1 Å². The third kappa shape index (κ3) is 2.48. The van der Waals surface area contributed by atoms with E-state index >= 15 is 0 Å². The summed E-state index contributed by atoms with van der Waals surface area (Å²) in [4.78, 5) is 0.266. The smallest absolute Gasteiger partial charge is 0.242 e. The number of anilines is 1. The van der Waals surface area contributed by atoms with E-state index in [0.29, 0.717) is 12.3 Å². The quantitative estimate of drug-likeness (QED) is 0.926. The summed E-state index contributed by atoms with van der Waals surface area (Å²) in [7, 11) is -0.401. The van der Waals surface area contributed by atoms with E-state index in [4.69, 9.17) is 4.74 Å². The van der Waals surface area contributed by atoms with Crippen LogP contribution in [0.4, 0.5) is 5.69 Å². The number of nitrogens with zero attached hydrogens (tertiary/aromatic N) is 1. The molecular formula is C15H16N2O3S. The van der Waals surface area contributed by atoms with Gasteiger partial charge in [0, 0.05) is 26.2 Å². The molecule has 0 amide bonds. The van der Waals surface area contributed by atoms with E-state index in [1.807, 2.05) is 24.3 Å². The Kier molecular flexibility index (Phi) is 3.35. The standard InChI is InChI=1S/C15H16N2O3S/c1-17(2)21(18,19)12-7-8-14-11(9-12)10-16-13-5-3-4-6-15(13)20-14/h3-9,16H,10H2,1-2H3. The average molecular weight is 304 g/mol. The monoisotopic (exact) mass is 304 g/mol. The number of sulfonamides is 1. The molecule has 0 atom stereocenters. The van der Waals surface area contributed by atoms with Crippen molar-refractivity contribution in [3.63, 3.8) is 0 Å². The van der Waals surface area contributed by atoms with E-state index in [0.717, 1.165) is 17.0 Å². The zero-order valence-corrected chi connectivity index (χ0v) is 12.6. The minimum absolute atomic E-state index is 0.266. The SMILES string of the molecule is CN(C)S(=O)(=O)c1ccc2c(c1)CNc1ccccc1O2. The van der Waals surface area contributed by atoms with Crippen LogP contribution in [-0.4, -0.2) is 26.8 Å². The van der Waals surface area contributed by atoms with Crippen LogP contribution in [0.5, 0.6) is 11.5 Å². The summed E-state index contributed by atoms with van der Waals surface area (Å²) < 4.78 is 31.4. The fraction of sp³-hybridized carbons (Fsp3) is 0.200. The van der Waals surface area contributed by atoms with E-state index < -0.39 is 10.0 Å². The molecule has 0 saturated carbocycles. The highest BCUT2D eigenvalue weighted by Gasteiger charge is 2.21. The van der Waals surface area contributed by atoms with Gasteiger partial charge in [-0.1, -0.05) is 12.1 Å². The molecule has 1 aliphatic heterocycles. The van der Waals surface area contributed by atoms with Crippen LogP contribution in [0.25, 0.3) is 0 Å². The van der Waals surface area contributed by atoms with Crippen LogP contribution in [-0.2, 0) is 16.6 Å². The van der Waals surface area contributed by atoms with Gasteiger partial charge in [-0.3, -0.25) is 0 Å². The predicted octanol–water partition coefficient (Wildman–Crippen LogP) is 2.65. The maximum atomic E-state index is 12.2. The van der Waals surface area contributed by atoms with E-state index in [1.54, 1.807) is 18.2 Å². The van der Waals surface area contributed by atoms with Crippen molar-refractivity contribution in [2.45, 2.75) is 11.4 Å². The van der Waals surface area contributed by atoms with Crippen molar-refractivity contribution in [3.8, 4) is 11.5 Å². The largest absolute Gasteiger partial charge is 0.455 e. The molecule has 21 heavy (non-hydrogen) atoms. The molecule has 0 aliphatic carbocycles. The first kappa shape index (κ1) is 13.9. The van der Waals surface area contributed by atoms with Crippen molar-refractivity contribution in [3.05, 3.63) is 48.0 Å². The van der Waals surface area contributed by atoms with Gasteiger partial charge in [-0.25, -0.2) is 12.7 Å². The molecule has 0 radical (unpaired) electrons. The van der Waals surface area contributed by atoms with Crippen molar-refractivity contribution >= 4 is 15.7 Å². The second-order valence-corrected chi connectivity index (χ2v) is 7.16. The van der Waals surface area contributed by atoms with Crippen LogP contribution in [0, 0.1) is 0 Å². The Morgan fingerprint density at radius 1 is 1.10 bits per heavy atom. The molecule has 2 aromatic rings. The normalized spacial score (nSPS) is 13.7. The average Bonchev–Trinajstić information content (AvgIpc) is 2.65.